The number of aliphatic hydroxyl groups is 2. The fourth-order valence-electron chi connectivity index (χ4n) is 3.88. The second kappa shape index (κ2) is 14.8. The quantitative estimate of drug-likeness (QED) is 0.151. The third-order valence-electron chi connectivity index (χ3n) is 5.89. The summed E-state index contributed by atoms with van der Waals surface area (Å²) in [6.45, 7) is -0.452. The Kier molecular flexibility index (Phi) is 11.2. The van der Waals surface area contributed by atoms with E-state index in [2.05, 4.69) is 0 Å². The highest BCUT2D eigenvalue weighted by atomic mass is 16.8. The zero-order chi connectivity index (χ0) is 27.6. The first-order valence-corrected chi connectivity index (χ1v) is 12.3. The molecule has 4 saturated heterocycles. The smallest absolute Gasteiger partial charge is 0.430 e. The summed E-state index contributed by atoms with van der Waals surface area (Å²) in [5.74, 6) is 0. The molecule has 39 heavy (non-hydrogen) atoms. The molecule has 4 heterocycles. The number of hydrogen-bond donors (Lipinski definition) is 2. The molecule has 0 aromatic carbocycles. The lowest BCUT2D eigenvalue weighted by Crippen LogP contribution is -2.51. The molecule has 0 aliphatic carbocycles. The molecule has 8 atom stereocenters. The normalized spacial score (nSPS) is 29.5. The zero-order valence-electron chi connectivity index (χ0n) is 20.9. The van der Waals surface area contributed by atoms with Crippen LogP contribution < -0.4 is 0 Å². The summed E-state index contributed by atoms with van der Waals surface area (Å²) in [7, 11) is 0. The van der Waals surface area contributed by atoms with E-state index in [1.165, 1.54) is 0 Å². The average molecular weight is 568 g/mol. The van der Waals surface area contributed by atoms with E-state index in [1.54, 1.807) is 0 Å². The zero-order valence-corrected chi connectivity index (χ0v) is 20.9. The van der Waals surface area contributed by atoms with Gasteiger partial charge in [-0.1, -0.05) is 0 Å². The fourth-order valence-corrected chi connectivity index (χ4v) is 3.88. The van der Waals surface area contributed by atoms with Crippen LogP contribution in [0.15, 0.2) is 0 Å². The molecule has 17 nitrogen and oxygen atoms in total. The first kappa shape index (κ1) is 29.5. The van der Waals surface area contributed by atoms with Crippen molar-refractivity contribution in [2.75, 3.05) is 72.9 Å². The Morgan fingerprint density at radius 1 is 0.692 bits per heavy atom. The molecule has 4 fully saturated rings. The van der Waals surface area contributed by atoms with Crippen molar-refractivity contribution < 1.29 is 81.4 Å². The third-order valence-corrected chi connectivity index (χ3v) is 5.89. The molecule has 222 valence electrons. The molecule has 0 spiro atoms. The Morgan fingerprint density at radius 2 is 1.23 bits per heavy atom. The van der Waals surface area contributed by atoms with Gasteiger partial charge < -0.3 is 67.1 Å². The maximum Gasteiger partial charge on any atom is 0.508 e. The first-order chi connectivity index (χ1) is 18.9. The number of aliphatic hydroxyl groups excluding tert-OH is 2. The van der Waals surface area contributed by atoms with Gasteiger partial charge in [-0.25, -0.2) is 14.4 Å². The molecule has 17 heteroatoms. The van der Waals surface area contributed by atoms with Crippen LogP contribution in [0.1, 0.15) is 0 Å². The predicted molar refractivity (Wildman–Crippen MR) is 117 cm³/mol. The summed E-state index contributed by atoms with van der Waals surface area (Å²) in [5.41, 5.74) is 0. The summed E-state index contributed by atoms with van der Waals surface area (Å²) < 4.78 is 62.1. The highest BCUT2D eigenvalue weighted by Crippen LogP contribution is 2.18. The molecule has 0 radical (unpaired) electrons. The van der Waals surface area contributed by atoms with Gasteiger partial charge in [0, 0.05) is 0 Å². The van der Waals surface area contributed by atoms with Gasteiger partial charge in [-0.15, -0.1) is 0 Å². The van der Waals surface area contributed by atoms with Crippen LogP contribution in [0, 0.1) is 0 Å². The summed E-state index contributed by atoms with van der Waals surface area (Å²) in [6.07, 6.45) is -10.1. The van der Waals surface area contributed by atoms with Gasteiger partial charge >= 0.3 is 18.5 Å². The second-order valence-electron chi connectivity index (χ2n) is 8.98. The first-order valence-electron chi connectivity index (χ1n) is 12.3. The highest BCUT2D eigenvalue weighted by Gasteiger charge is 2.38. The van der Waals surface area contributed by atoms with Crippen LogP contribution in [-0.2, 0) is 56.8 Å². The molecular formula is C22H32O17. The molecule has 0 saturated carbocycles. The van der Waals surface area contributed by atoms with E-state index >= 15 is 0 Å². The van der Waals surface area contributed by atoms with Crippen molar-refractivity contribution in [3.8, 4) is 0 Å². The maximum atomic E-state index is 11.3. The van der Waals surface area contributed by atoms with Crippen molar-refractivity contribution in [1.82, 2.24) is 0 Å². The number of cyclic esters (lactones) is 6. The van der Waals surface area contributed by atoms with Gasteiger partial charge in [-0.05, 0) is 0 Å². The van der Waals surface area contributed by atoms with Crippen LogP contribution >= 0.6 is 0 Å². The maximum absolute atomic E-state index is 11.3. The van der Waals surface area contributed by atoms with Gasteiger partial charge in [-0.2, -0.15) is 0 Å². The van der Waals surface area contributed by atoms with Gasteiger partial charge in [-0.3, -0.25) is 0 Å². The van der Waals surface area contributed by atoms with Crippen LogP contribution in [-0.4, -0.2) is 150 Å². The minimum absolute atomic E-state index is 0.00880. The molecule has 0 amide bonds. The van der Waals surface area contributed by atoms with Crippen LogP contribution in [0.3, 0.4) is 0 Å². The molecule has 4 aliphatic heterocycles. The van der Waals surface area contributed by atoms with E-state index in [-0.39, 0.29) is 72.9 Å². The highest BCUT2D eigenvalue weighted by molar-refractivity contribution is 5.62. The minimum atomic E-state index is -1.49. The van der Waals surface area contributed by atoms with Crippen LogP contribution in [0.2, 0.25) is 0 Å². The minimum Gasteiger partial charge on any atom is -0.430 e. The van der Waals surface area contributed by atoms with Crippen molar-refractivity contribution in [2.24, 2.45) is 0 Å². The topological polar surface area (TPSA) is 202 Å². The van der Waals surface area contributed by atoms with Gasteiger partial charge in [0.15, 0.2) is 18.3 Å². The number of hydrogen-bond acceptors (Lipinski definition) is 17. The van der Waals surface area contributed by atoms with Gasteiger partial charge in [0.25, 0.3) is 0 Å². The SMILES string of the molecule is O=C1OCC(COCC(O)C(OCC2COCO2)C(O)C(COCC2COC(=O)O2)OCC2COC(=O)O2)O1. The van der Waals surface area contributed by atoms with Gasteiger partial charge in [0.05, 0.1) is 46.2 Å². The monoisotopic (exact) mass is 568 g/mol. The Labute approximate surface area is 222 Å². The van der Waals surface area contributed by atoms with Gasteiger partial charge in [0.1, 0.15) is 57.1 Å². The standard InChI is InChI=1S/C22H32O17/c23-16(9-28-2-13-6-33-20(25)37-13)19(32-4-12-1-30-11-36-12)18(24)17(31-5-15-8-35-22(27)39-15)10-29-3-14-7-34-21(26)38-14/h12-19,23-24H,1-11H2. The summed E-state index contributed by atoms with van der Waals surface area (Å²) in [4.78, 5) is 33.5. The summed E-state index contributed by atoms with van der Waals surface area (Å²) in [6, 6.07) is 0. The van der Waals surface area contributed by atoms with E-state index in [0.29, 0.717) is 0 Å². The molecule has 2 N–H and O–H groups in total. The van der Waals surface area contributed by atoms with Crippen molar-refractivity contribution in [2.45, 2.75) is 48.8 Å². The third kappa shape index (κ3) is 9.28. The molecule has 0 bridgehead atoms. The fraction of sp³-hybridized carbons (Fsp3) is 0.864. The second-order valence-corrected chi connectivity index (χ2v) is 8.98. The average Bonchev–Trinajstić information content (AvgIpc) is 3.72. The van der Waals surface area contributed by atoms with Crippen LogP contribution in [0.4, 0.5) is 14.4 Å². The molecule has 4 rings (SSSR count). The van der Waals surface area contributed by atoms with E-state index < -0.39 is 67.3 Å². The van der Waals surface area contributed by atoms with Crippen LogP contribution in [0.5, 0.6) is 0 Å². The van der Waals surface area contributed by atoms with E-state index in [9.17, 15) is 24.6 Å². The lowest BCUT2D eigenvalue weighted by Gasteiger charge is -2.33. The Morgan fingerprint density at radius 3 is 1.74 bits per heavy atom. The number of carbonyl (C=O) groups excluding carboxylic acids is 3. The predicted octanol–water partition coefficient (Wildman–Crippen LogP) is -1.51. The lowest BCUT2D eigenvalue weighted by atomic mass is 10.0. The van der Waals surface area contributed by atoms with Crippen molar-refractivity contribution in [3.05, 3.63) is 0 Å². The Balaban J connectivity index is 1.35. The van der Waals surface area contributed by atoms with Gasteiger partial charge in [0.2, 0.25) is 0 Å². The molecule has 4 aliphatic rings. The van der Waals surface area contributed by atoms with Crippen molar-refractivity contribution >= 4 is 18.5 Å². The molecular weight excluding hydrogens is 536 g/mol. The molecule has 0 aromatic heterocycles. The number of ether oxygens (including phenoxy) is 12. The van der Waals surface area contributed by atoms with Crippen molar-refractivity contribution in [1.29, 1.82) is 0 Å². The van der Waals surface area contributed by atoms with Crippen LogP contribution in [0.25, 0.3) is 0 Å². The van der Waals surface area contributed by atoms with Crippen molar-refractivity contribution in [3.63, 3.8) is 0 Å². The lowest BCUT2D eigenvalue weighted by molar-refractivity contribution is -0.182. The molecule has 0 aromatic rings. The number of rotatable bonds is 17. The number of carbonyl (C=O) groups is 3. The summed E-state index contributed by atoms with van der Waals surface area (Å²) >= 11 is 0. The van der Waals surface area contributed by atoms with E-state index in [1.807, 2.05) is 0 Å². The van der Waals surface area contributed by atoms with E-state index in [0.717, 1.165) is 0 Å². The Bertz CT molecular complexity index is 803. The van der Waals surface area contributed by atoms with E-state index in [4.69, 9.17) is 56.8 Å². The Hall–Kier alpha value is -2.51. The molecule has 8 unspecified atom stereocenters. The largest absolute Gasteiger partial charge is 0.508 e. The summed E-state index contributed by atoms with van der Waals surface area (Å²) in [5, 5.41) is 22.2.